The fourth-order valence-electron chi connectivity index (χ4n) is 1.99. The SMILES string of the molecule is Cc1cccc(-c2nnc(Cl)c3ccccc23)[nH+]1. The van der Waals surface area contributed by atoms with Crippen molar-refractivity contribution in [2.75, 3.05) is 0 Å². The van der Waals surface area contributed by atoms with Gasteiger partial charge in [-0.3, -0.25) is 0 Å². The molecule has 18 heavy (non-hydrogen) atoms. The van der Waals surface area contributed by atoms with Gasteiger partial charge in [0.15, 0.2) is 16.5 Å². The van der Waals surface area contributed by atoms with Gasteiger partial charge in [-0.25, -0.2) is 4.98 Å². The molecule has 3 rings (SSSR count). The molecule has 0 unspecified atom stereocenters. The lowest BCUT2D eigenvalue weighted by molar-refractivity contribution is -0.374. The summed E-state index contributed by atoms with van der Waals surface area (Å²) in [6.45, 7) is 2.01. The van der Waals surface area contributed by atoms with E-state index in [1.165, 1.54) is 0 Å². The number of hydrogen-bond acceptors (Lipinski definition) is 2. The van der Waals surface area contributed by atoms with Gasteiger partial charge in [-0.15, -0.1) is 10.2 Å². The highest BCUT2D eigenvalue weighted by molar-refractivity contribution is 6.34. The van der Waals surface area contributed by atoms with Crippen LogP contribution in [0.4, 0.5) is 0 Å². The molecule has 88 valence electrons. The molecule has 0 fully saturated rings. The molecule has 3 aromatic rings. The number of halogens is 1. The minimum absolute atomic E-state index is 0.432. The number of rotatable bonds is 1. The first-order valence-corrected chi connectivity index (χ1v) is 6.04. The first kappa shape index (κ1) is 11.1. The summed E-state index contributed by atoms with van der Waals surface area (Å²) in [5.41, 5.74) is 2.84. The smallest absolute Gasteiger partial charge is 0.207 e. The molecule has 0 saturated carbocycles. The lowest BCUT2D eigenvalue weighted by Gasteiger charge is -2.02. The summed E-state index contributed by atoms with van der Waals surface area (Å²) in [6.07, 6.45) is 0. The fraction of sp³-hybridized carbons (Fsp3) is 0.0714. The van der Waals surface area contributed by atoms with Gasteiger partial charge >= 0.3 is 0 Å². The molecule has 0 aliphatic heterocycles. The Bertz CT molecular complexity index is 725. The number of pyridine rings is 1. The third-order valence-electron chi connectivity index (χ3n) is 2.84. The number of H-pyrrole nitrogens is 1. The van der Waals surface area contributed by atoms with Gasteiger partial charge in [0, 0.05) is 29.8 Å². The zero-order valence-corrected chi connectivity index (χ0v) is 10.6. The van der Waals surface area contributed by atoms with Crippen LogP contribution in [0.1, 0.15) is 5.69 Å². The number of benzene rings is 1. The zero-order chi connectivity index (χ0) is 12.5. The van der Waals surface area contributed by atoms with Crippen molar-refractivity contribution in [1.82, 2.24) is 10.2 Å². The van der Waals surface area contributed by atoms with E-state index >= 15 is 0 Å². The van der Waals surface area contributed by atoms with Crippen LogP contribution in [0.15, 0.2) is 42.5 Å². The normalized spacial score (nSPS) is 10.8. The molecule has 0 radical (unpaired) electrons. The van der Waals surface area contributed by atoms with E-state index in [0.717, 1.165) is 27.9 Å². The van der Waals surface area contributed by atoms with Crippen molar-refractivity contribution >= 4 is 22.4 Å². The quantitative estimate of drug-likeness (QED) is 0.671. The number of aromatic nitrogens is 3. The summed E-state index contributed by atoms with van der Waals surface area (Å²) in [4.78, 5) is 3.29. The van der Waals surface area contributed by atoms with E-state index in [0.29, 0.717) is 5.15 Å². The molecular weight excluding hydrogens is 246 g/mol. The van der Waals surface area contributed by atoms with Crippen molar-refractivity contribution in [3.05, 3.63) is 53.3 Å². The van der Waals surface area contributed by atoms with Crippen LogP contribution in [0.2, 0.25) is 5.15 Å². The standard InChI is InChI=1S/C14H10ClN3/c1-9-5-4-8-12(16-9)13-10-6-2-3-7-11(10)14(15)18-17-13/h2-8H,1H3/p+1. The first-order valence-electron chi connectivity index (χ1n) is 5.66. The lowest BCUT2D eigenvalue weighted by atomic mass is 10.1. The van der Waals surface area contributed by atoms with Gasteiger partial charge < -0.3 is 0 Å². The van der Waals surface area contributed by atoms with Crippen molar-refractivity contribution in [3.8, 4) is 11.4 Å². The van der Waals surface area contributed by atoms with Crippen LogP contribution in [0.3, 0.4) is 0 Å². The second-order valence-corrected chi connectivity index (χ2v) is 4.49. The van der Waals surface area contributed by atoms with Gasteiger partial charge in [0.2, 0.25) is 5.69 Å². The predicted octanol–water partition coefficient (Wildman–Crippen LogP) is 3.07. The Hall–Kier alpha value is -2.00. The number of fused-ring (bicyclic) bond motifs is 1. The van der Waals surface area contributed by atoms with Crippen LogP contribution in [0, 0.1) is 6.92 Å². The Kier molecular flexibility index (Phi) is 2.68. The van der Waals surface area contributed by atoms with E-state index in [1.807, 2.05) is 49.4 Å². The second-order valence-electron chi connectivity index (χ2n) is 4.13. The number of hydrogen-bond donors (Lipinski definition) is 0. The van der Waals surface area contributed by atoms with Crippen LogP contribution >= 0.6 is 11.6 Å². The van der Waals surface area contributed by atoms with Crippen molar-refractivity contribution < 1.29 is 4.98 Å². The molecule has 2 aromatic heterocycles. The Labute approximate surface area is 109 Å². The highest BCUT2D eigenvalue weighted by atomic mass is 35.5. The molecule has 0 saturated heterocycles. The van der Waals surface area contributed by atoms with Crippen molar-refractivity contribution in [2.24, 2.45) is 0 Å². The van der Waals surface area contributed by atoms with E-state index in [1.54, 1.807) is 0 Å². The van der Waals surface area contributed by atoms with E-state index in [9.17, 15) is 0 Å². The molecule has 1 N–H and O–H groups in total. The Balaban J connectivity index is 2.33. The van der Waals surface area contributed by atoms with Crippen LogP contribution in [0.25, 0.3) is 22.2 Å². The molecule has 0 atom stereocenters. The van der Waals surface area contributed by atoms with Gasteiger partial charge in [-0.05, 0) is 6.07 Å². The molecule has 4 heteroatoms. The Morgan fingerprint density at radius 3 is 2.50 bits per heavy atom. The zero-order valence-electron chi connectivity index (χ0n) is 9.81. The van der Waals surface area contributed by atoms with Gasteiger partial charge in [0.05, 0.1) is 0 Å². The summed E-state index contributed by atoms with van der Waals surface area (Å²) in [6, 6.07) is 13.9. The van der Waals surface area contributed by atoms with Crippen LogP contribution in [-0.4, -0.2) is 10.2 Å². The summed E-state index contributed by atoms with van der Waals surface area (Å²) in [7, 11) is 0. The molecular formula is C14H11ClN3+. The van der Waals surface area contributed by atoms with Gasteiger partial charge in [-0.2, -0.15) is 0 Å². The van der Waals surface area contributed by atoms with Crippen LogP contribution in [-0.2, 0) is 0 Å². The maximum absolute atomic E-state index is 6.06. The predicted molar refractivity (Wildman–Crippen MR) is 71.3 cm³/mol. The molecule has 1 aromatic carbocycles. The minimum Gasteiger partial charge on any atom is -0.207 e. The number of aryl methyl sites for hydroxylation is 1. The van der Waals surface area contributed by atoms with Crippen LogP contribution in [0.5, 0.6) is 0 Å². The van der Waals surface area contributed by atoms with Crippen molar-refractivity contribution in [2.45, 2.75) is 6.92 Å². The third-order valence-corrected chi connectivity index (χ3v) is 3.12. The van der Waals surface area contributed by atoms with Gasteiger partial charge in [0.25, 0.3) is 0 Å². The summed E-state index contributed by atoms with van der Waals surface area (Å²) >= 11 is 6.06. The molecule has 0 spiro atoms. The summed E-state index contributed by atoms with van der Waals surface area (Å²) < 4.78 is 0. The van der Waals surface area contributed by atoms with E-state index in [4.69, 9.17) is 11.6 Å². The second kappa shape index (κ2) is 4.35. The summed E-state index contributed by atoms with van der Waals surface area (Å²) in [5.74, 6) is 0. The summed E-state index contributed by atoms with van der Waals surface area (Å²) in [5, 5.41) is 10.6. The number of aromatic amines is 1. The highest BCUT2D eigenvalue weighted by Crippen LogP contribution is 2.27. The number of nitrogens with one attached hydrogen (secondary N) is 1. The van der Waals surface area contributed by atoms with E-state index in [-0.39, 0.29) is 0 Å². The molecule has 0 aliphatic carbocycles. The molecule has 2 heterocycles. The Morgan fingerprint density at radius 1 is 0.944 bits per heavy atom. The average molecular weight is 257 g/mol. The highest BCUT2D eigenvalue weighted by Gasteiger charge is 2.14. The topological polar surface area (TPSA) is 39.9 Å². The van der Waals surface area contributed by atoms with E-state index in [2.05, 4.69) is 15.2 Å². The van der Waals surface area contributed by atoms with Crippen molar-refractivity contribution in [1.29, 1.82) is 0 Å². The first-order chi connectivity index (χ1) is 8.75. The monoisotopic (exact) mass is 256 g/mol. The lowest BCUT2D eigenvalue weighted by Crippen LogP contribution is -2.11. The fourth-order valence-corrected chi connectivity index (χ4v) is 2.20. The number of nitrogens with zero attached hydrogens (tertiary/aromatic N) is 2. The molecule has 0 amide bonds. The molecule has 3 nitrogen and oxygen atoms in total. The van der Waals surface area contributed by atoms with Crippen LogP contribution < -0.4 is 4.98 Å². The average Bonchev–Trinajstić information content (AvgIpc) is 2.39. The maximum Gasteiger partial charge on any atom is 0.232 e. The molecule has 0 bridgehead atoms. The third kappa shape index (κ3) is 1.83. The molecule has 0 aliphatic rings. The Morgan fingerprint density at radius 2 is 1.72 bits per heavy atom. The van der Waals surface area contributed by atoms with Crippen molar-refractivity contribution in [3.63, 3.8) is 0 Å². The van der Waals surface area contributed by atoms with E-state index < -0.39 is 0 Å². The minimum atomic E-state index is 0.432. The van der Waals surface area contributed by atoms with Gasteiger partial charge in [0.1, 0.15) is 0 Å². The maximum atomic E-state index is 6.06. The van der Waals surface area contributed by atoms with Gasteiger partial charge in [-0.1, -0.05) is 35.9 Å². The largest absolute Gasteiger partial charge is 0.232 e.